The number of carbonyl (C=O) groups is 1. The average Bonchev–Trinajstić information content (AvgIpc) is 3.17. The summed E-state index contributed by atoms with van der Waals surface area (Å²) in [5.41, 5.74) is 2.54. The minimum atomic E-state index is -1.65. The first-order valence-corrected chi connectivity index (χ1v) is 9.45. The zero-order chi connectivity index (χ0) is 21.0. The molecule has 9 heteroatoms. The molecule has 1 aromatic carbocycles. The minimum absolute atomic E-state index is 0.180. The predicted octanol–water partition coefficient (Wildman–Crippen LogP) is 1.92. The topological polar surface area (TPSA) is 104 Å². The summed E-state index contributed by atoms with van der Waals surface area (Å²) in [5, 5.41) is 25.5. The Hall–Kier alpha value is -2.78. The lowest BCUT2D eigenvalue weighted by Crippen LogP contribution is -2.50. The molecular weight excluding hydrogens is 376 g/mol. The van der Waals surface area contributed by atoms with Crippen molar-refractivity contribution in [3.05, 3.63) is 54.1 Å². The van der Waals surface area contributed by atoms with Gasteiger partial charge in [-0.2, -0.15) is 0 Å². The molecule has 0 saturated carbocycles. The maximum Gasteiger partial charge on any atom is 0.475 e. The summed E-state index contributed by atoms with van der Waals surface area (Å²) >= 11 is 0. The SMILES string of the molecule is CC(C)C[C@H](NC(=O)C1CC(c2ccc(-c3cccc(F)c3)cn2)=NO1)B(O)O. The number of carbonyl (C=O) groups excluding carboxylic acids is 1. The van der Waals surface area contributed by atoms with Crippen LogP contribution >= 0.6 is 0 Å². The monoisotopic (exact) mass is 399 g/mol. The summed E-state index contributed by atoms with van der Waals surface area (Å²) in [5.74, 6) is -1.38. The van der Waals surface area contributed by atoms with Gasteiger partial charge in [0.1, 0.15) is 11.5 Å². The molecule has 0 aliphatic carbocycles. The van der Waals surface area contributed by atoms with Crippen molar-refractivity contribution in [2.75, 3.05) is 0 Å². The van der Waals surface area contributed by atoms with Gasteiger partial charge in [-0.05, 0) is 36.1 Å². The first-order valence-electron chi connectivity index (χ1n) is 9.45. The Morgan fingerprint density at radius 1 is 1.31 bits per heavy atom. The van der Waals surface area contributed by atoms with Gasteiger partial charge in [0.25, 0.3) is 5.91 Å². The van der Waals surface area contributed by atoms with Crippen LogP contribution in [0, 0.1) is 11.7 Å². The summed E-state index contributed by atoms with van der Waals surface area (Å²) in [7, 11) is -1.65. The lowest BCUT2D eigenvalue weighted by Gasteiger charge is -2.20. The molecule has 0 radical (unpaired) electrons. The fourth-order valence-electron chi connectivity index (χ4n) is 3.11. The molecule has 2 aromatic rings. The largest absolute Gasteiger partial charge is 0.475 e. The van der Waals surface area contributed by atoms with Gasteiger partial charge in [0.15, 0.2) is 0 Å². The molecule has 1 aliphatic heterocycles. The highest BCUT2D eigenvalue weighted by Gasteiger charge is 2.33. The number of oxime groups is 1. The first kappa shape index (κ1) is 20.9. The highest BCUT2D eigenvalue weighted by atomic mass is 19.1. The number of pyridine rings is 1. The van der Waals surface area contributed by atoms with Crippen LogP contribution in [-0.2, 0) is 9.63 Å². The molecule has 29 heavy (non-hydrogen) atoms. The summed E-state index contributed by atoms with van der Waals surface area (Å²) in [6.45, 7) is 3.85. The van der Waals surface area contributed by atoms with Crippen LogP contribution in [0.3, 0.4) is 0 Å². The molecule has 1 unspecified atom stereocenters. The van der Waals surface area contributed by atoms with Crippen molar-refractivity contribution in [1.82, 2.24) is 10.3 Å². The van der Waals surface area contributed by atoms with Crippen molar-refractivity contribution in [3.63, 3.8) is 0 Å². The Balaban J connectivity index is 1.62. The van der Waals surface area contributed by atoms with Crippen molar-refractivity contribution >= 4 is 18.7 Å². The quantitative estimate of drug-likeness (QED) is 0.618. The fraction of sp³-hybridized carbons (Fsp3) is 0.350. The molecule has 1 aliphatic rings. The second-order valence-electron chi connectivity index (χ2n) is 7.44. The number of benzene rings is 1. The highest BCUT2D eigenvalue weighted by Crippen LogP contribution is 2.21. The van der Waals surface area contributed by atoms with Crippen LogP contribution in [0.2, 0.25) is 0 Å². The molecule has 1 amide bonds. The molecule has 1 aromatic heterocycles. The van der Waals surface area contributed by atoms with Gasteiger partial charge >= 0.3 is 7.12 Å². The van der Waals surface area contributed by atoms with Gasteiger partial charge in [-0.25, -0.2) is 4.39 Å². The smallest absolute Gasteiger partial charge is 0.426 e. The van der Waals surface area contributed by atoms with Gasteiger partial charge < -0.3 is 20.2 Å². The third-order valence-electron chi connectivity index (χ3n) is 4.59. The van der Waals surface area contributed by atoms with Gasteiger partial charge in [0.2, 0.25) is 6.10 Å². The molecule has 152 valence electrons. The maximum absolute atomic E-state index is 13.4. The average molecular weight is 399 g/mol. The number of amides is 1. The summed E-state index contributed by atoms with van der Waals surface area (Å²) in [6.07, 6.45) is 1.39. The van der Waals surface area contributed by atoms with E-state index in [1.807, 2.05) is 13.8 Å². The number of rotatable bonds is 7. The Morgan fingerprint density at radius 2 is 2.10 bits per heavy atom. The lowest BCUT2D eigenvalue weighted by atomic mass is 9.75. The first-order chi connectivity index (χ1) is 13.8. The normalized spacial score (nSPS) is 16.9. The van der Waals surface area contributed by atoms with Crippen molar-refractivity contribution in [3.8, 4) is 11.1 Å². The number of aromatic nitrogens is 1. The predicted molar refractivity (Wildman–Crippen MR) is 107 cm³/mol. The fourth-order valence-corrected chi connectivity index (χ4v) is 3.11. The van der Waals surface area contributed by atoms with E-state index in [9.17, 15) is 19.2 Å². The van der Waals surface area contributed by atoms with E-state index in [1.54, 1.807) is 30.5 Å². The molecule has 0 spiro atoms. The van der Waals surface area contributed by atoms with Crippen LogP contribution in [0.15, 0.2) is 47.8 Å². The molecule has 3 N–H and O–H groups in total. The van der Waals surface area contributed by atoms with Gasteiger partial charge in [0.05, 0.1) is 11.6 Å². The van der Waals surface area contributed by atoms with E-state index >= 15 is 0 Å². The molecule has 0 saturated heterocycles. The number of nitrogens with one attached hydrogen (secondary N) is 1. The maximum atomic E-state index is 13.4. The number of nitrogens with zero attached hydrogens (tertiary/aromatic N) is 2. The van der Waals surface area contributed by atoms with E-state index in [0.717, 1.165) is 5.56 Å². The third-order valence-corrected chi connectivity index (χ3v) is 4.59. The van der Waals surface area contributed by atoms with Gasteiger partial charge in [-0.15, -0.1) is 0 Å². The zero-order valence-electron chi connectivity index (χ0n) is 16.2. The molecule has 2 atom stereocenters. The summed E-state index contributed by atoms with van der Waals surface area (Å²) in [4.78, 5) is 22.0. The van der Waals surface area contributed by atoms with Crippen LogP contribution in [0.25, 0.3) is 11.1 Å². The van der Waals surface area contributed by atoms with E-state index in [0.29, 0.717) is 23.4 Å². The molecule has 7 nitrogen and oxygen atoms in total. The number of hydrogen-bond donors (Lipinski definition) is 3. The van der Waals surface area contributed by atoms with Crippen LogP contribution < -0.4 is 5.32 Å². The van der Waals surface area contributed by atoms with E-state index in [-0.39, 0.29) is 18.2 Å². The van der Waals surface area contributed by atoms with Gasteiger partial charge in [-0.1, -0.05) is 37.2 Å². The van der Waals surface area contributed by atoms with E-state index in [1.165, 1.54) is 12.1 Å². The second kappa shape index (κ2) is 9.15. The van der Waals surface area contributed by atoms with E-state index < -0.39 is 25.1 Å². The molecule has 0 fully saturated rings. The van der Waals surface area contributed by atoms with Crippen LogP contribution in [0.1, 0.15) is 32.4 Å². The molecule has 3 rings (SSSR count). The van der Waals surface area contributed by atoms with Crippen LogP contribution in [-0.4, -0.2) is 45.8 Å². The number of halogens is 1. The summed E-state index contributed by atoms with van der Waals surface area (Å²) < 4.78 is 13.4. The van der Waals surface area contributed by atoms with Crippen molar-refractivity contribution in [2.45, 2.75) is 38.7 Å². The molecule has 0 bridgehead atoms. The Labute approximate surface area is 168 Å². The van der Waals surface area contributed by atoms with Crippen molar-refractivity contribution < 1.29 is 24.1 Å². The standard InChI is InChI=1S/C20H23BFN3O4/c1-12(2)8-19(21(27)28)24-20(26)18-10-17(25-29-18)16-7-6-14(11-23-16)13-4-3-5-15(22)9-13/h3-7,9,11-12,18-19,27-28H,8,10H2,1-2H3,(H,24,26)/t18?,19-/m0/s1. The third kappa shape index (κ3) is 5.39. The molecule has 2 heterocycles. The summed E-state index contributed by atoms with van der Waals surface area (Å²) in [6, 6.07) is 9.76. The Bertz CT molecular complexity index is 890. The van der Waals surface area contributed by atoms with Crippen LogP contribution in [0.4, 0.5) is 4.39 Å². The van der Waals surface area contributed by atoms with Gasteiger partial charge in [-0.3, -0.25) is 9.78 Å². The molecular formula is C20H23BFN3O4. The zero-order valence-corrected chi connectivity index (χ0v) is 16.2. The Kier molecular flexibility index (Phi) is 6.61. The minimum Gasteiger partial charge on any atom is -0.426 e. The Morgan fingerprint density at radius 3 is 2.72 bits per heavy atom. The van der Waals surface area contributed by atoms with Crippen LogP contribution in [0.5, 0.6) is 0 Å². The highest BCUT2D eigenvalue weighted by molar-refractivity contribution is 6.43. The lowest BCUT2D eigenvalue weighted by molar-refractivity contribution is -0.131. The second-order valence-corrected chi connectivity index (χ2v) is 7.44. The number of hydrogen-bond acceptors (Lipinski definition) is 6. The van der Waals surface area contributed by atoms with Crippen molar-refractivity contribution in [2.24, 2.45) is 11.1 Å². The van der Waals surface area contributed by atoms with Crippen molar-refractivity contribution in [1.29, 1.82) is 0 Å². The van der Waals surface area contributed by atoms with E-state index in [2.05, 4.69) is 15.5 Å². The van der Waals surface area contributed by atoms with E-state index in [4.69, 9.17) is 4.84 Å². The van der Waals surface area contributed by atoms with Gasteiger partial charge in [0, 0.05) is 18.2 Å².